The van der Waals surface area contributed by atoms with Crippen molar-refractivity contribution in [2.45, 2.75) is 26.7 Å². The fraction of sp³-hybridized carbons (Fsp3) is 0.280. The summed E-state index contributed by atoms with van der Waals surface area (Å²) in [6, 6.07) is 11.1. The summed E-state index contributed by atoms with van der Waals surface area (Å²) < 4.78 is 16.1. The molecule has 0 saturated heterocycles. The fourth-order valence-corrected chi connectivity index (χ4v) is 3.65. The second-order valence-electron chi connectivity index (χ2n) is 7.27. The van der Waals surface area contributed by atoms with E-state index in [0.717, 1.165) is 40.9 Å². The number of methoxy groups -OCH3 is 3. The van der Waals surface area contributed by atoms with Crippen molar-refractivity contribution in [3.8, 4) is 28.6 Å². The first-order valence-electron chi connectivity index (χ1n) is 10.3. The van der Waals surface area contributed by atoms with Gasteiger partial charge in [0.1, 0.15) is 11.6 Å². The SMILES string of the molecule is C=C(CCC)c1nc(-c2ccc(OC)c(OC)c2)nc(Nc2ccc(OC)c(Cl)c2)c1C. The predicted octanol–water partition coefficient (Wildman–Crippen LogP) is 6.69. The summed E-state index contributed by atoms with van der Waals surface area (Å²) in [6.45, 7) is 8.36. The van der Waals surface area contributed by atoms with Gasteiger partial charge in [-0.05, 0) is 55.3 Å². The van der Waals surface area contributed by atoms with Crippen LogP contribution in [0.5, 0.6) is 17.2 Å². The van der Waals surface area contributed by atoms with Gasteiger partial charge in [-0.2, -0.15) is 0 Å². The van der Waals surface area contributed by atoms with Crippen molar-refractivity contribution in [1.82, 2.24) is 9.97 Å². The van der Waals surface area contributed by atoms with Crippen molar-refractivity contribution >= 4 is 28.7 Å². The van der Waals surface area contributed by atoms with E-state index in [1.807, 2.05) is 37.3 Å². The molecule has 0 unspecified atom stereocenters. The van der Waals surface area contributed by atoms with Crippen LogP contribution in [0, 0.1) is 6.92 Å². The van der Waals surface area contributed by atoms with Crippen LogP contribution in [0.15, 0.2) is 43.0 Å². The van der Waals surface area contributed by atoms with Crippen molar-refractivity contribution in [2.24, 2.45) is 0 Å². The second-order valence-corrected chi connectivity index (χ2v) is 7.67. The normalized spacial score (nSPS) is 10.6. The molecule has 3 aromatic rings. The number of allylic oxidation sites excluding steroid dienone is 1. The Morgan fingerprint density at radius 2 is 1.66 bits per heavy atom. The van der Waals surface area contributed by atoms with Gasteiger partial charge in [0.25, 0.3) is 0 Å². The van der Waals surface area contributed by atoms with E-state index in [0.29, 0.717) is 33.9 Å². The van der Waals surface area contributed by atoms with Gasteiger partial charge in [0, 0.05) is 16.8 Å². The van der Waals surface area contributed by atoms with Gasteiger partial charge in [-0.1, -0.05) is 31.5 Å². The Morgan fingerprint density at radius 1 is 0.969 bits per heavy atom. The maximum absolute atomic E-state index is 6.31. The van der Waals surface area contributed by atoms with E-state index in [1.54, 1.807) is 27.4 Å². The van der Waals surface area contributed by atoms with Crippen LogP contribution in [-0.2, 0) is 0 Å². The lowest BCUT2D eigenvalue weighted by atomic mass is 10.0. The molecule has 0 fully saturated rings. The van der Waals surface area contributed by atoms with Gasteiger partial charge < -0.3 is 19.5 Å². The molecule has 32 heavy (non-hydrogen) atoms. The van der Waals surface area contributed by atoms with Crippen molar-refractivity contribution in [3.63, 3.8) is 0 Å². The number of benzene rings is 2. The molecule has 3 rings (SSSR count). The first-order chi connectivity index (χ1) is 15.4. The molecule has 0 aliphatic carbocycles. The molecule has 0 radical (unpaired) electrons. The van der Waals surface area contributed by atoms with Crippen LogP contribution in [0.2, 0.25) is 5.02 Å². The monoisotopic (exact) mass is 453 g/mol. The summed E-state index contributed by atoms with van der Waals surface area (Å²) in [7, 11) is 4.80. The Balaban J connectivity index is 2.11. The van der Waals surface area contributed by atoms with Crippen LogP contribution in [0.1, 0.15) is 31.0 Å². The number of nitrogens with one attached hydrogen (secondary N) is 1. The molecule has 1 aromatic heterocycles. The second kappa shape index (κ2) is 10.4. The number of aromatic nitrogens is 2. The molecule has 1 heterocycles. The molecule has 0 aliphatic heterocycles. The average Bonchev–Trinajstić information content (AvgIpc) is 2.80. The lowest BCUT2D eigenvalue weighted by molar-refractivity contribution is 0.355. The maximum Gasteiger partial charge on any atom is 0.162 e. The highest BCUT2D eigenvalue weighted by molar-refractivity contribution is 6.32. The average molecular weight is 454 g/mol. The maximum atomic E-state index is 6.31. The quantitative estimate of drug-likeness (QED) is 0.389. The van der Waals surface area contributed by atoms with E-state index >= 15 is 0 Å². The number of rotatable bonds is 9. The Morgan fingerprint density at radius 3 is 2.28 bits per heavy atom. The van der Waals surface area contributed by atoms with Gasteiger partial charge in [0.15, 0.2) is 17.3 Å². The van der Waals surface area contributed by atoms with E-state index in [2.05, 4.69) is 18.8 Å². The lowest BCUT2D eigenvalue weighted by Gasteiger charge is -2.17. The van der Waals surface area contributed by atoms with Crippen molar-refractivity contribution in [2.75, 3.05) is 26.6 Å². The Bertz CT molecular complexity index is 1130. The van der Waals surface area contributed by atoms with Crippen molar-refractivity contribution in [1.29, 1.82) is 0 Å². The van der Waals surface area contributed by atoms with Gasteiger partial charge in [-0.25, -0.2) is 9.97 Å². The van der Waals surface area contributed by atoms with Crippen LogP contribution >= 0.6 is 11.6 Å². The van der Waals surface area contributed by atoms with E-state index in [1.165, 1.54) is 0 Å². The number of anilines is 2. The summed E-state index contributed by atoms with van der Waals surface area (Å²) in [4.78, 5) is 9.66. The summed E-state index contributed by atoms with van der Waals surface area (Å²) in [5.41, 5.74) is 4.31. The minimum atomic E-state index is 0.514. The predicted molar refractivity (Wildman–Crippen MR) is 131 cm³/mol. The fourth-order valence-electron chi connectivity index (χ4n) is 3.39. The van der Waals surface area contributed by atoms with Crippen LogP contribution in [0.25, 0.3) is 17.0 Å². The molecule has 2 aromatic carbocycles. The highest BCUT2D eigenvalue weighted by Gasteiger charge is 2.16. The van der Waals surface area contributed by atoms with Gasteiger partial charge in [0.05, 0.1) is 32.0 Å². The third kappa shape index (κ3) is 4.97. The Labute approximate surface area is 194 Å². The third-order valence-corrected chi connectivity index (χ3v) is 5.38. The number of hydrogen-bond donors (Lipinski definition) is 1. The molecule has 1 N–H and O–H groups in total. The van der Waals surface area contributed by atoms with Gasteiger partial charge in [-0.3, -0.25) is 0 Å². The van der Waals surface area contributed by atoms with Crippen LogP contribution in [0.4, 0.5) is 11.5 Å². The van der Waals surface area contributed by atoms with Crippen LogP contribution in [0.3, 0.4) is 0 Å². The topological polar surface area (TPSA) is 65.5 Å². The summed E-state index contributed by atoms with van der Waals surface area (Å²) in [5, 5.41) is 3.89. The molecule has 0 atom stereocenters. The largest absolute Gasteiger partial charge is 0.495 e. The lowest BCUT2D eigenvalue weighted by Crippen LogP contribution is -2.05. The minimum absolute atomic E-state index is 0.514. The zero-order valence-electron chi connectivity index (χ0n) is 19.1. The molecule has 0 saturated carbocycles. The minimum Gasteiger partial charge on any atom is -0.495 e. The van der Waals surface area contributed by atoms with E-state index < -0.39 is 0 Å². The van der Waals surface area contributed by atoms with Gasteiger partial charge >= 0.3 is 0 Å². The van der Waals surface area contributed by atoms with Crippen molar-refractivity contribution in [3.05, 3.63) is 59.3 Å². The molecule has 0 bridgehead atoms. The number of hydrogen-bond acceptors (Lipinski definition) is 6. The van der Waals surface area contributed by atoms with Crippen LogP contribution in [-0.4, -0.2) is 31.3 Å². The van der Waals surface area contributed by atoms with Crippen LogP contribution < -0.4 is 19.5 Å². The molecule has 0 aliphatic rings. The number of halogens is 1. The highest BCUT2D eigenvalue weighted by atomic mass is 35.5. The first kappa shape index (κ1) is 23.4. The Hall–Kier alpha value is -3.25. The zero-order chi connectivity index (χ0) is 23.3. The molecular formula is C25H28ClN3O3. The van der Waals surface area contributed by atoms with E-state index in [-0.39, 0.29) is 0 Å². The zero-order valence-corrected chi connectivity index (χ0v) is 19.8. The molecule has 0 spiro atoms. The van der Waals surface area contributed by atoms with E-state index in [4.69, 9.17) is 35.8 Å². The highest BCUT2D eigenvalue weighted by Crippen LogP contribution is 2.35. The molecular weight excluding hydrogens is 426 g/mol. The van der Waals surface area contributed by atoms with Gasteiger partial charge in [0.2, 0.25) is 0 Å². The first-order valence-corrected chi connectivity index (χ1v) is 10.7. The Kier molecular flexibility index (Phi) is 7.59. The van der Waals surface area contributed by atoms with E-state index in [9.17, 15) is 0 Å². The summed E-state index contributed by atoms with van der Waals surface area (Å²) in [5.74, 6) is 3.11. The summed E-state index contributed by atoms with van der Waals surface area (Å²) >= 11 is 6.31. The molecule has 6 nitrogen and oxygen atoms in total. The van der Waals surface area contributed by atoms with Gasteiger partial charge in [-0.15, -0.1) is 0 Å². The molecule has 168 valence electrons. The standard InChI is InChI=1S/C25H28ClN3O3/c1-7-8-15(2)23-16(3)24(27-18-10-12-20(30-4)19(26)14-18)29-25(28-23)17-9-11-21(31-5)22(13-17)32-6/h9-14H,2,7-8H2,1,3-6H3,(H,27,28,29). The molecule has 0 amide bonds. The summed E-state index contributed by atoms with van der Waals surface area (Å²) in [6.07, 6.45) is 1.82. The number of nitrogens with zero attached hydrogens (tertiary/aromatic N) is 2. The smallest absolute Gasteiger partial charge is 0.162 e. The van der Waals surface area contributed by atoms with Crippen molar-refractivity contribution < 1.29 is 14.2 Å². The third-order valence-electron chi connectivity index (χ3n) is 5.09. The number of ether oxygens (including phenoxy) is 3. The molecule has 7 heteroatoms.